The first kappa shape index (κ1) is 22.5. The van der Waals surface area contributed by atoms with Gasteiger partial charge < -0.3 is 9.64 Å². The average Bonchev–Trinajstić information content (AvgIpc) is 3.34. The van der Waals surface area contributed by atoms with Crippen molar-refractivity contribution in [2.45, 2.75) is 53.1 Å². The number of rotatable bonds is 2. The van der Waals surface area contributed by atoms with Crippen molar-refractivity contribution in [1.82, 2.24) is 29.5 Å². The van der Waals surface area contributed by atoms with Crippen LogP contribution in [-0.4, -0.2) is 54.2 Å². The Morgan fingerprint density at radius 3 is 2.62 bits per heavy atom. The quantitative estimate of drug-likeness (QED) is 0.383. The Hall–Kier alpha value is -3.33. The van der Waals surface area contributed by atoms with Crippen molar-refractivity contribution in [2.24, 2.45) is 0 Å². The first-order chi connectivity index (χ1) is 16.1. The van der Waals surface area contributed by atoms with E-state index in [1.807, 2.05) is 46.9 Å². The summed E-state index contributed by atoms with van der Waals surface area (Å²) in [5.74, 6) is 0. The van der Waals surface area contributed by atoms with Crippen molar-refractivity contribution in [3.63, 3.8) is 0 Å². The molecule has 5 heterocycles. The molecule has 8 nitrogen and oxygen atoms in total. The van der Waals surface area contributed by atoms with Crippen LogP contribution in [0.4, 0.5) is 4.79 Å². The van der Waals surface area contributed by atoms with Gasteiger partial charge in [-0.1, -0.05) is 5.57 Å². The number of aryl methyl sites for hydroxylation is 2. The number of amides is 1. The van der Waals surface area contributed by atoms with Gasteiger partial charge in [-0.05, 0) is 71.2 Å². The molecular weight excluding hydrogens is 448 g/mol. The molecule has 9 heteroatoms. The minimum atomic E-state index is -0.471. The number of nitrogens with zero attached hydrogens (tertiary/aromatic N) is 6. The minimum absolute atomic E-state index is 0.234. The summed E-state index contributed by atoms with van der Waals surface area (Å²) in [6.45, 7) is 11.0. The second kappa shape index (κ2) is 8.47. The van der Waals surface area contributed by atoms with Crippen LogP contribution < -0.4 is 0 Å². The standard InChI is InChI=1S/C25H28N6O2S/c1-15-10-19(29-31-14-16(2)27-22(15)31)21-13-26-20-12-18(34-23(20)28-21)11-17-6-8-30(9-7-17)24(32)33-25(3,4)5/h10-14H,6-9H2,1-5H3. The van der Waals surface area contributed by atoms with Crippen LogP contribution in [0.1, 0.15) is 49.7 Å². The van der Waals surface area contributed by atoms with Gasteiger partial charge >= 0.3 is 6.09 Å². The summed E-state index contributed by atoms with van der Waals surface area (Å²) in [4.78, 5) is 30.1. The third-order valence-electron chi connectivity index (χ3n) is 5.66. The van der Waals surface area contributed by atoms with E-state index in [9.17, 15) is 4.79 Å². The highest BCUT2D eigenvalue weighted by Gasteiger charge is 2.24. The number of carbonyl (C=O) groups is 1. The van der Waals surface area contributed by atoms with Gasteiger partial charge in [-0.3, -0.25) is 4.98 Å². The maximum absolute atomic E-state index is 12.3. The van der Waals surface area contributed by atoms with E-state index < -0.39 is 5.60 Å². The fourth-order valence-corrected chi connectivity index (χ4v) is 5.02. The Morgan fingerprint density at radius 1 is 1.12 bits per heavy atom. The van der Waals surface area contributed by atoms with Crippen LogP contribution in [0.2, 0.25) is 0 Å². The van der Waals surface area contributed by atoms with Crippen LogP contribution in [0.15, 0.2) is 30.1 Å². The molecule has 1 amide bonds. The highest BCUT2D eigenvalue weighted by molar-refractivity contribution is 7.19. The van der Waals surface area contributed by atoms with Crippen molar-refractivity contribution in [3.8, 4) is 11.4 Å². The predicted octanol–water partition coefficient (Wildman–Crippen LogP) is 5.43. The van der Waals surface area contributed by atoms with Gasteiger partial charge in [-0.25, -0.2) is 19.3 Å². The molecular formula is C25H28N6O2S. The summed E-state index contributed by atoms with van der Waals surface area (Å²) >= 11 is 1.62. The monoisotopic (exact) mass is 476 g/mol. The number of ether oxygens (including phenoxy) is 1. The number of fused-ring (bicyclic) bond motifs is 2. The van der Waals surface area contributed by atoms with E-state index in [-0.39, 0.29) is 6.09 Å². The van der Waals surface area contributed by atoms with Gasteiger partial charge in [0.1, 0.15) is 27.3 Å². The van der Waals surface area contributed by atoms with Crippen LogP contribution in [0.5, 0.6) is 0 Å². The summed E-state index contributed by atoms with van der Waals surface area (Å²) in [6, 6.07) is 4.08. The van der Waals surface area contributed by atoms with E-state index in [0.29, 0.717) is 13.1 Å². The summed E-state index contributed by atoms with van der Waals surface area (Å²) in [6.07, 6.45) is 7.36. The highest BCUT2D eigenvalue weighted by atomic mass is 32.1. The molecule has 34 heavy (non-hydrogen) atoms. The van der Waals surface area contributed by atoms with Gasteiger partial charge in [-0.15, -0.1) is 11.3 Å². The van der Waals surface area contributed by atoms with Gasteiger partial charge in [0.25, 0.3) is 0 Å². The Bertz CT molecular complexity index is 1420. The largest absolute Gasteiger partial charge is 0.444 e. The lowest BCUT2D eigenvalue weighted by molar-refractivity contribution is 0.0237. The maximum Gasteiger partial charge on any atom is 0.410 e. The topological polar surface area (TPSA) is 85.5 Å². The Kier molecular flexibility index (Phi) is 5.59. The van der Waals surface area contributed by atoms with Gasteiger partial charge in [0, 0.05) is 18.0 Å². The van der Waals surface area contributed by atoms with Gasteiger partial charge in [-0.2, -0.15) is 5.10 Å². The Morgan fingerprint density at radius 2 is 1.88 bits per heavy atom. The number of likely N-dealkylation sites (tertiary alicyclic amines) is 1. The van der Waals surface area contributed by atoms with Crippen molar-refractivity contribution in [3.05, 3.63) is 46.2 Å². The molecule has 0 atom stereocenters. The second-order valence-electron chi connectivity index (χ2n) is 9.73. The van der Waals surface area contributed by atoms with Crippen LogP contribution in [0, 0.1) is 13.8 Å². The molecule has 0 saturated carbocycles. The van der Waals surface area contributed by atoms with Crippen molar-refractivity contribution < 1.29 is 9.53 Å². The molecule has 176 valence electrons. The fourth-order valence-electron chi connectivity index (χ4n) is 4.04. The molecule has 0 aromatic carbocycles. The summed E-state index contributed by atoms with van der Waals surface area (Å²) < 4.78 is 7.30. The average molecular weight is 477 g/mol. The smallest absolute Gasteiger partial charge is 0.410 e. The number of imidazole rings is 1. The van der Waals surface area contributed by atoms with E-state index in [0.717, 1.165) is 56.4 Å². The lowest BCUT2D eigenvalue weighted by Crippen LogP contribution is -2.40. The Balaban J connectivity index is 1.34. The van der Waals surface area contributed by atoms with Crippen molar-refractivity contribution in [2.75, 3.05) is 13.1 Å². The van der Waals surface area contributed by atoms with Crippen molar-refractivity contribution in [1.29, 1.82) is 0 Å². The molecule has 4 aromatic rings. The third-order valence-corrected chi connectivity index (χ3v) is 6.62. The zero-order valence-corrected chi connectivity index (χ0v) is 20.9. The van der Waals surface area contributed by atoms with Gasteiger partial charge in [0.05, 0.1) is 18.1 Å². The van der Waals surface area contributed by atoms with E-state index in [1.165, 1.54) is 5.57 Å². The molecule has 4 aromatic heterocycles. The number of carbonyl (C=O) groups excluding carboxylic acids is 1. The number of thiophene rings is 1. The van der Waals surface area contributed by atoms with E-state index in [4.69, 9.17) is 9.72 Å². The van der Waals surface area contributed by atoms with E-state index >= 15 is 0 Å². The molecule has 0 bridgehead atoms. The zero-order valence-electron chi connectivity index (χ0n) is 20.1. The summed E-state index contributed by atoms with van der Waals surface area (Å²) in [5.41, 5.74) is 6.10. The fraction of sp³-hybridized carbons (Fsp3) is 0.400. The molecule has 0 aliphatic carbocycles. The second-order valence-corrected chi connectivity index (χ2v) is 10.8. The zero-order chi connectivity index (χ0) is 24.0. The lowest BCUT2D eigenvalue weighted by Gasteiger charge is -2.31. The highest BCUT2D eigenvalue weighted by Crippen LogP contribution is 2.29. The molecule has 5 rings (SSSR count). The molecule has 1 fully saturated rings. The first-order valence-corrected chi connectivity index (χ1v) is 12.2. The van der Waals surface area contributed by atoms with Crippen LogP contribution in [0.3, 0.4) is 0 Å². The third kappa shape index (κ3) is 4.65. The van der Waals surface area contributed by atoms with Gasteiger partial charge in [0.2, 0.25) is 0 Å². The molecule has 0 radical (unpaired) electrons. The predicted molar refractivity (Wildman–Crippen MR) is 134 cm³/mol. The molecule has 0 N–H and O–H groups in total. The number of hydrogen-bond acceptors (Lipinski definition) is 7. The summed E-state index contributed by atoms with van der Waals surface area (Å²) in [7, 11) is 0. The van der Waals surface area contributed by atoms with E-state index in [2.05, 4.69) is 27.2 Å². The molecule has 0 spiro atoms. The molecule has 1 saturated heterocycles. The molecule has 1 aliphatic rings. The maximum atomic E-state index is 12.3. The van der Waals surface area contributed by atoms with Gasteiger partial charge in [0.15, 0.2) is 5.65 Å². The van der Waals surface area contributed by atoms with Crippen LogP contribution >= 0.6 is 11.3 Å². The van der Waals surface area contributed by atoms with Crippen molar-refractivity contribution >= 4 is 39.5 Å². The lowest BCUT2D eigenvalue weighted by atomic mass is 10.0. The molecule has 1 aliphatic heterocycles. The minimum Gasteiger partial charge on any atom is -0.444 e. The van der Waals surface area contributed by atoms with E-state index in [1.54, 1.807) is 26.9 Å². The van der Waals surface area contributed by atoms with Crippen LogP contribution in [0.25, 0.3) is 33.5 Å². The molecule has 0 unspecified atom stereocenters. The number of piperidine rings is 1. The normalized spacial score (nSPS) is 14.7. The number of hydrogen-bond donors (Lipinski definition) is 0. The SMILES string of the molecule is Cc1cn2nc(-c3cnc4cc(C=C5CCN(C(=O)OC(C)(C)C)CC5)sc4n3)cc(C)c2n1. The van der Waals surface area contributed by atoms with Crippen LogP contribution in [-0.2, 0) is 4.74 Å². The Labute approximate surface area is 202 Å². The number of aromatic nitrogens is 5. The summed E-state index contributed by atoms with van der Waals surface area (Å²) in [5, 5.41) is 4.68. The first-order valence-electron chi connectivity index (χ1n) is 11.4.